The van der Waals surface area contributed by atoms with Gasteiger partial charge in [0.1, 0.15) is 5.54 Å². The first-order chi connectivity index (χ1) is 11.6. The highest BCUT2D eigenvalue weighted by molar-refractivity contribution is 5.97. The lowest BCUT2D eigenvalue weighted by Crippen LogP contribution is -2.45. The molecular weight excluding hydrogens is 300 g/mol. The van der Waals surface area contributed by atoms with Gasteiger partial charge in [-0.2, -0.15) is 5.10 Å². The van der Waals surface area contributed by atoms with E-state index < -0.39 is 5.54 Å². The second-order valence-corrected chi connectivity index (χ2v) is 6.92. The molecule has 0 radical (unpaired) electrons. The van der Waals surface area contributed by atoms with Crippen molar-refractivity contribution in [3.8, 4) is 0 Å². The molecule has 24 heavy (non-hydrogen) atoms. The van der Waals surface area contributed by atoms with Gasteiger partial charge in [-0.15, -0.1) is 0 Å². The third-order valence-corrected chi connectivity index (χ3v) is 4.98. The van der Waals surface area contributed by atoms with Crippen LogP contribution in [0.3, 0.4) is 0 Å². The molecule has 1 fully saturated rings. The van der Waals surface area contributed by atoms with Gasteiger partial charge in [0.25, 0.3) is 0 Å². The maximum Gasteiger partial charge on any atom is 0.249 e. The predicted octanol–water partition coefficient (Wildman–Crippen LogP) is 3.66. The number of anilines is 1. The number of nitrogens with two attached hydrogens (primary N) is 1. The summed E-state index contributed by atoms with van der Waals surface area (Å²) in [5.74, 6) is 0.809. The first-order valence-corrected chi connectivity index (χ1v) is 8.78. The van der Waals surface area contributed by atoms with E-state index in [0.717, 1.165) is 11.3 Å². The molecule has 1 aliphatic carbocycles. The first-order valence-electron chi connectivity index (χ1n) is 8.78. The van der Waals surface area contributed by atoms with Gasteiger partial charge in [0.2, 0.25) is 5.91 Å². The summed E-state index contributed by atoms with van der Waals surface area (Å²) >= 11 is 0. The monoisotopic (exact) mass is 326 g/mol. The van der Waals surface area contributed by atoms with Gasteiger partial charge in [-0.3, -0.25) is 9.89 Å². The number of carbonyl (C=O) groups excluding carboxylic acids is 1. The van der Waals surface area contributed by atoms with Gasteiger partial charge in [0.15, 0.2) is 5.82 Å². The molecule has 5 nitrogen and oxygen atoms in total. The highest BCUT2D eigenvalue weighted by Crippen LogP contribution is 2.31. The molecule has 4 N–H and O–H groups in total. The molecule has 1 amide bonds. The summed E-state index contributed by atoms with van der Waals surface area (Å²) in [6, 6.07) is 11.3. The number of nitrogens with zero attached hydrogens (tertiary/aromatic N) is 1. The van der Waals surface area contributed by atoms with Crippen LogP contribution in [0.4, 0.5) is 5.82 Å². The highest BCUT2D eigenvalue weighted by Gasteiger charge is 2.31. The molecule has 2 aromatic rings. The smallest absolute Gasteiger partial charge is 0.249 e. The van der Waals surface area contributed by atoms with E-state index in [-0.39, 0.29) is 5.91 Å². The van der Waals surface area contributed by atoms with Crippen LogP contribution in [0.15, 0.2) is 36.4 Å². The van der Waals surface area contributed by atoms with Crippen molar-refractivity contribution in [2.75, 3.05) is 5.32 Å². The second-order valence-electron chi connectivity index (χ2n) is 6.92. The summed E-state index contributed by atoms with van der Waals surface area (Å²) in [7, 11) is 0. The lowest BCUT2D eigenvalue weighted by molar-refractivity contribution is -0.120. The summed E-state index contributed by atoms with van der Waals surface area (Å²) in [4.78, 5) is 12.6. The fourth-order valence-electron chi connectivity index (χ4n) is 3.36. The normalized spacial score (nSPS) is 18.6. The maximum absolute atomic E-state index is 12.6. The Morgan fingerprint density at radius 1 is 1.21 bits per heavy atom. The van der Waals surface area contributed by atoms with Gasteiger partial charge >= 0.3 is 0 Å². The summed E-state index contributed by atoms with van der Waals surface area (Å²) in [5.41, 5.74) is 7.05. The van der Waals surface area contributed by atoms with E-state index in [4.69, 9.17) is 5.73 Å². The molecule has 0 aliphatic heterocycles. The molecule has 0 spiro atoms. The van der Waals surface area contributed by atoms with Crippen LogP contribution < -0.4 is 11.1 Å². The zero-order valence-electron chi connectivity index (χ0n) is 14.2. The molecule has 3 rings (SSSR count). The zero-order chi connectivity index (χ0) is 17.0. The number of nitrogens with one attached hydrogen (secondary N) is 2. The zero-order valence-corrected chi connectivity index (χ0v) is 14.2. The van der Waals surface area contributed by atoms with E-state index in [1.54, 1.807) is 6.92 Å². The average molecular weight is 326 g/mol. The number of benzene rings is 1. The van der Waals surface area contributed by atoms with Crippen molar-refractivity contribution in [1.29, 1.82) is 0 Å². The topological polar surface area (TPSA) is 83.8 Å². The standard InChI is InChI=1S/C19H26N4O/c1-19(20,15-11-7-4-8-12-15)18(24)21-17-13-16(22-23-17)14-9-5-2-3-6-10-14/h4,7-8,11-14H,2-3,5-6,9-10,20H2,1H3,(H2,21,22,23,24). The average Bonchev–Trinajstić information content (AvgIpc) is 2.88. The number of carbonyl (C=O) groups is 1. The summed E-state index contributed by atoms with van der Waals surface area (Å²) in [6.45, 7) is 1.72. The third kappa shape index (κ3) is 3.67. The fraction of sp³-hybridized carbons (Fsp3) is 0.474. The van der Waals surface area contributed by atoms with Gasteiger partial charge in [0.05, 0.1) is 0 Å². The molecule has 1 heterocycles. The van der Waals surface area contributed by atoms with Gasteiger partial charge in [0, 0.05) is 17.7 Å². The van der Waals surface area contributed by atoms with Gasteiger partial charge in [-0.1, -0.05) is 56.0 Å². The van der Waals surface area contributed by atoms with Crippen molar-refractivity contribution in [3.05, 3.63) is 47.7 Å². The van der Waals surface area contributed by atoms with Crippen molar-refractivity contribution < 1.29 is 4.79 Å². The van der Waals surface area contributed by atoms with Crippen LogP contribution >= 0.6 is 0 Å². The third-order valence-electron chi connectivity index (χ3n) is 4.98. The minimum Gasteiger partial charge on any atom is -0.314 e. The van der Waals surface area contributed by atoms with Crippen molar-refractivity contribution in [2.45, 2.75) is 56.9 Å². The largest absolute Gasteiger partial charge is 0.314 e. The summed E-state index contributed by atoms with van der Waals surface area (Å²) in [5, 5.41) is 10.2. The minimum absolute atomic E-state index is 0.257. The lowest BCUT2D eigenvalue weighted by atomic mass is 9.92. The number of amides is 1. The quantitative estimate of drug-likeness (QED) is 0.750. The molecule has 0 bridgehead atoms. The first kappa shape index (κ1) is 16.7. The Morgan fingerprint density at radius 3 is 2.54 bits per heavy atom. The Balaban J connectivity index is 1.69. The summed E-state index contributed by atoms with van der Waals surface area (Å²) in [6.07, 6.45) is 7.54. The molecule has 1 aromatic heterocycles. The molecule has 128 valence electrons. The molecule has 1 unspecified atom stereocenters. The number of aromatic amines is 1. The van der Waals surface area contributed by atoms with E-state index in [0.29, 0.717) is 11.7 Å². The van der Waals surface area contributed by atoms with Crippen molar-refractivity contribution in [3.63, 3.8) is 0 Å². The van der Waals surface area contributed by atoms with E-state index in [1.165, 1.54) is 38.5 Å². The van der Waals surface area contributed by atoms with E-state index >= 15 is 0 Å². The molecule has 1 aliphatic rings. The second kappa shape index (κ2) is 7.18. The minimum atomic E-state index is -1.09. The van der Waals surface area contributed by atoms with Crippen LogP contribution in [0.2, 0.25) is 0 Å². The van der Waals surface area contributed by atoms with Gasteiger partial charge in [-0.25, -0.2) is 0 Å². The highest BCUT2D eigenvalue weighted by atomic mass is 16.2. The van der Waals surface area contributed by atoms with Crippen LogP contribution in [0.25, 0.3) is 0 Å². The number of hydrogen-bond acceptors (Lipinski definition) is 3. The number of H-pyrrole nitrogens is 1. The fourth-order valence-corrected chi connectivity index (χ4v) is 3.36. The Bertz CT molecular complexity index is 670. The lowest BCUT2D eigenvalue weighted by Gasteiger charge is -2.23. The van der Waals surface area contributed by atoms with E-state index in [1.807, 2.05) is 36.4 Å². The van der Waals surface area contributed by atoms with E-state index in [2.05, 4.69) is 15.5 Å². The Morgan fingerprint density at radius 2 is 1.88 bits per heavy atom. The molecule has 1 saturated carbocycles. The number of aromatic nitrogens is 2. The van der Waals surface area contributed by atoms with Crippen molar-refractivity contribution in [2.24, 2.45) is 5.73 Å². The van der Waals surface area contributed by atoms with Crippen molar-refractivity contribution in [1.82, 2.24) is 10.2 Å². The predicted molar refractivity (Wildman–Crippen MR) is 95.6 cm³/mol. The maximum atomic E-state index is 12.6. The summed E-state index contributed by atoms with van der Waals surface area (Å²) < 4.78 is 0. The van der Waals surface area contributed by atoms with Gasteiger partial charge in [-0.05, 0) is 25.3 Å². The van der Waals surface area contributed by atoms with Gasteiger partial charge < -0.3 is 11.1 Å². The Labute approximate surface area is 143 Å². The molecule has 5 heteroatoms. The van der Waals surface area contributed by atoms with Crippen LogP contribution in [-0.4, -0.2) is 16.1 Å². The number of hydrogen-bond donors (Lipinski definition) is 3. The molecule has 0 saturated heterocycles. The van der Waals surface area contributed by atoms with Crippen LogP contribution in [0, 0.1) is 0 Å². The van der Waals surface area contributed by atoms with Crippen LogP contribution in [0.1, 0.15) is 62.6 Å². The van der Waals surface area contributed by atoms with Crippen LogP contribution in [-0.2, 0) is 10.3 Å². The van der Waals surface area contributed by atoms with Crippen LogP contribution in [0.5, 0.6) is 0 Å². The molecular formula is C19H26N4O. The Hall–Kier alpha value is -2.14. The Kier molecular flexibility index (Phi) is 5.00. The number of rotatable bonds is 4. The molecule has 1 aromatic carbocycles. The SMILES string of the molecule is CC(N)(C(=O)Nc1cc(C2CCCCCC2)[nH]n1)c1ccccc1. The van der Waals surface area contributed by atoms with E-state index in [9.17, 15) is 4.79 Å². The molecule has 1 atom stereocenters. The van der Waals surface area contributed by atoms with Crippen molar-refractivity contribution >= 4 is 11.7 Å².